The minimum Gasteiger partial charge on any atom is -0.343 e. The summed E-state index contributed by atoms with van der Waals surface area (Å²) in [7, 11) is 0. The Kier molecular flexibility index (Phi) is 4.23. The van der Waals surface area contributed by atoms with E-state index in [1.165, 1.54) is 32.1 Å². The van der Waals surface area contributed by atoms with E-state index >= 15 is 0 Å². The van der Waals surface area contributed by atoms with Crippen LogP contribution in [0.4, 0.5) is 0 Å². The fourth-order valence-electron chi connectivity index (χ4n) is 4.57. The largest absolute Gasteiger partial charge is 0.343 e. The Morgan fingerprint density at radius 2 is 1.52 bits per heavy atom. The summed E-state index contributed by atoms with van der Waals surface area (Å²) in [6.45, 7) is 1.83. The molecule has 1 N–H and O–H groups in total. The van der Waals surface area contributed by atoms with Gasteiger partial charge in [0.1, 0.15) is 11.6 Å². The van der Waals surface area contributed by atoms with Gasteiger partial charge < -0.3 is 10.2 Å². The standard InChI is InChI=1S/C17H28N2O2/c1-13-15(20)19(14-9-5-2-3-6-10-14)17(16(21)18-13)11-7-4-8-12-17/h13-14H,2-12H2,1H3,(H,18,21). The molecule has 3 fully saturated rings. The quantitative estimate of drug-likeness (QED) is 0.756. The Morgan fingerprint density at radius 1 is 0.952 bits per heavy atom. The number of hydrogen-bond donors (Lipinski definition) is 1. The van der Waals surface area contributed by atoms with Crippen molar-refractivity contribution < 1.29 is 9.59 Å². The summed E-state index contributed by atoms with van der Waals surface area (Å²) in [5, 5.41) is 2.94. The maximum absolute atomic E-state index is 12.9. The summed E-state index contributed by atoms with van der Waals surface area (Å²) in [4.78, 5) is 27.7. The number of nitrogens with zero attached hydrogens (tertiary/aromatic N) is 1. The van der Waals surface area contributed by atoms with Crippen LogP contribution in [0.3, 0.4) is 0 Å². The minimum absolute atomic E-state index is 0.110. The van der Waals surface area contributed by atoms with E-state index in [9.17, 15) is 9.59 Å². The Morgan fingerprint density at radius 3 is 2.14 bits per heavy atom. The number of hydrogen-bond acceptors (Lipinski definition) is 2. The van der Waals surface area contributed by atoms with E-state index in [-0.39, 0.29) is 23.9 Å². The van der Waals surface area contributed by atoms with Gasteiger partial charge in [-0.25, -0.2) is 0 Å². The first-order valence-corrected chi connectivity index (χ1v) is 8.79. The molecule has 3 rings (SSSR count). The van der Waals surface area contributed by atoms with Gasteiger partial charge in [-0.3, -0.25) is 9.59 Å². The maximum Gasteiger partial charge on any atom is 0.246 e. The third-order valence-corrected chi connectivity index (χ3v) is 5.71. The van der Waals surface area contributed by atoms with Crippen LogP contribution in [-0.4, -0.2) is 34.3 Å². The first-order valence-electron chi connectivity index (χ1n) is 8.79. The van der Waals surface area contributed by atoms with Gasteiger partial charge in [-0.2, -0.15) is 0 Å². The van der Waals surface area contributed by atoms with E-state index in [0.717, 1.165) is 38.5 Å². The van der Waals surface area contributed by atoms with Gasteiger partial charge in [0, 0.05) is 6.04 Å². The van der Waals surface area contributed by atoms with Crippen molar-refractivity contribution in [1.29, 1.82) is 0 Å². The van der Waals surface area contributed by atoms with Crippen LogP contribution in [-0.2, 0) is 9.59 Å². The van der Waals surface area contributed by atoms with E-state index in [4.69, 9.17) is 0 Å². The lowest BCUT2D eigenvalue weighted by atomic mass is 9.76. The highest BCUT2D eigenvalue weighted by atomic mass is 16.2. The van der Waals surface area contributed by atoms with Crippen molar-refractivity contribution in [3.63, 3.8) is 0 Å². The summed E-state index contributed by atoms with van der Waals surface area (Å²) >= 11 is 0. The molecule has 0 bridgehead atoms. The smallest absolute Gasteiger partial charge is 0.246 e. The second kappa shape index (κ2) is 5.98. The number of amides is 2. The van der Waals surface area contributed by atoms with Gasteiger partial charge >= 0.3 is 0 Å². The maximum atomic E-state index is 12.9. The SMILES string of the molecule is CC1NC(=O)C2(CCCCC2)N(C2CCCCCC2)C1=O. The number of piperazine rings is 1. The topological polar surface area (TPSA) is 49.4 Å². The van der Waals surface area contributed by atoms with Gasteiger partial charge in [0.25, 0.3) is 0 Å². The van der Waals surface area contributed by atoms with Gasteiger partial charge in [0.2, 0.25) is 11.8 Å². The van der Waals surface area contributed by atoms with Crippen LogP contribution in [0, 0.1) is 0 Å². The molecule has 0 aromatic heterocycles. The van der Waals surface area contributed by atoms with Crippen molar-refractivity contribution in [3.05, 3.63) is 0 Å². The van der Waals surface area contributed by atoms with Crippen LogP contribution in [0.25, 0.3) is 0 Å². The summed E-state index contributed by atoms with van der Waals surface area (Å²) in [6.07, 6.45) is 12.1. The minimum atomic E-state index is -0.531. The van der Waals surface area contributed by atoms with Crippen LogP contribution < -0.4 is 5.32 Å². The van der Waals surface area contributed by atoms with E-state index in [2.05, 4.69) is 10.2 Å². The second-order valence-electron chi connectivity index (χ2n) is 7.14. The first kappa shape index (κ1) is 14.9. The molecule has 2 aliphatic carbocycles. The molecule has 118 valence electrons. The molecule has 4 heteroatoms. The molecule has 1 aliphatic heterocycles. The normalized spacial score (nSPS) is 31.1. The fourth-order valence-corrected chi connectivity index (χ4v) is 4.57. The summed E-state index contributed by atoms with van der Waals surface area (Å²) < 4.78 is 0. The molecule has 2 saturated carbocycles. The van der Waals surface area contributed by atoms with Crippen molar-refractivity contribution in [1.82, 2.24) is 10.2 Å². The molecule has 0 aromatic rings. The molecule has 0 radical (unpaired) electrons. The lowest BCUT2D eigenvalue weighted by Crippen LogP contribution is -2.72. The van der Waals surface area contributed by atoms with Gasteiger partial charge in [-0.15, -0.1) is 0 Å². The van der Waals surface area contributed by atoms with Crippen LogP contribution in [0.5, 0.6) is 0 Å². The highest BCUT2D eigenvalue weighted by Gasteiger charge is 2.53. The number of carbonyl (C=O) groups is 2. The predicted octanol–water partition coefficient (Wildman–Crippen LogP) is 2.76. The van der Waals surface area contributed by atoms with Crippen molar-refractivity contribution >= 4 is 11.8 Å². The Labute approximate surface area is 127 Å². The molecule has 2 amide bonds. The second-order valence-corrected chi connectivity index (χ2v) is 7.14. The van der Waals surface area contributed by atoms with Crippen molar-refractivity contribution in [3.8, 4) is 0 Å². The van der Waals surface area contributed by atoms with E-state index in [0.29, 0.717) is 0 Å². The number of nitrogens with one attached hydrogen (secondary N) is 1. The summed E-state index contributed by atoms with van der Waals surface area (Å²) in [5.74, 6) is 0.266. The average Bonchev–Trinajstić information content (AvgIpc) is 2.76. The fraction of sp³-hybridized carbons (Fsp3) is 0.882. The van der Waals surface area contributed by atoms with Gasteiger partial charge in [0.05, 0.1) is 0 Å². The summed E-state index contributed by atoms with van der Waals surface area (Å²) in [6, 6.07) is -0.0695. The molecule has 1 unspecified atom stereocenters. The molecular weight excluding hydrogens is 264 g/mol. The molecule has 1 atom stereocenters. The molecule has 21 heavy (non-hydrogen) atoms. The van der Waals surface area contributed by atoms with Gasteiger partial charge in [0.15, 0.2) is 0 Å². The van der Waals surface area contributed by atoms with E-state index in [1.807, 2.05) is 6.92 Å². The average molecular weight is 292 g/mol. The zero-order valence-corrected chi connectivity index (χ0v) is 13.2. The van der Waals surface area contributed by atoms with Crippen LogP contribution in [0.1, 0.15) is 77.6 Å². The summed E-state index contributed by atoms with van der Waals surface area (Å²) in [5.41, 5.74) is -0.531. The Bertz CT molecular complexity index is 407. The van der Waals surface area contributed by atoms with Crippen LogP contribution >= 0.6 is 0 Å². The molecule has 1 spiro atoms. The van der Waals surface area contributed by atoms with Crippen LogP contribution in [0.2, 0.25) is 0 Å². The molecule has 0 aromatic carbocycles. The Hall–Kier alpha value is -1.06. The zero-order chi connectivity index (χ0) is 14.9. The number of rotatable bonds is 1. The molecule has 1 heterocycles. The first-order chi connectivity index (χ1) is 10.1. The van der Waals surface area contributed by atoms with Crippen molar-refractivity contribution in [2.24, 2.45) is 0 Å². The molecule has 1 saturated heterocycles. The van der Waals surface area contributed by atoms with Crippen LogP contribution in [0.15, 0.2) is 0 Å². The van der Waals surface area contributed by atoms with Gasteiger partial charge in [-0.05, 0) is 32.6 Å². The monoisotopic (exact) mass is 292 g/mol. The third-order valence-electron chi connectivity index (χ3n) is 5.71. The van der Waals surface area contributed by atoms with E-state index < -0.39 is 5.54 Å². The molecule has 3 aliphatic rings. The number of carbonyl (C=O) groups excluding carboxylic acids is 2. The zero-order valence-electron chi connectivity index (χ0n) is 13.2. The van der Waals surface area contributed by atoms with Crippen molar-refractivity contribution in [2.75, 3.05) is 0 Å². The molecule has 4 nitrogen and oxygen atoms in total. The highest BCUT2D eigenvalue weighted by molar-refractivity contribution is 5.99. The highest BCUT2D eigenvalue weighted by Crippen LogP contribution is 2.40. The third kappa shape index (κ3) is 2.58. The van der Waals surface area contributed by atoms with E-state index in [1.54, 1.807) is 0 Å². The lowest BCUT2D eigenvalue weighted by Gasteiger charge is -2.52. The lowest BCUT2D eigenvalue weighted by molar-refractivity contribution is -0.164. The van der Waals surface area contributed by atoms with Crippen molar-refractivity contribution in [2.45, 2.75) is 95.2 Å². The Balaban J connectivity index is 1.93. The van der Waals surface area contributed by atoms with Gasteiger partial charge in [-0.1, -0.05) is 44.9 Å². The predicted molar refractivity (Wildman–Crippen MR) is 81.8 cm³/mol. The molecular formula is C17H28N2O2.